The maximum Gasteiger partial charge on any atom is 0.220 e. The number of morpholine rings is 1. The Balaban J connectivity index is 0.00000131. The average Bonchev–Trinajstić information content (AvgIpc) is 3.26. The summed E-state index contributed by atoms with van der Waals surface area (Å²) in [6.45, 7) is 4.16. The van der Waals surface area contributed by atoms with Gasteiger partial charge in [0.1, 0.15) is 0 Å². The van der Waals surface area contributed by atoms with Crippen LogP contribution in [0, 0.1) is 5.92 Å². The molecule has 3 fully saturated rings. The second-order valence-electron chi connectivity index (χ2n) is 7.66. The van der Waals surface area contributed by atoms with E-state index in [0.717, 1.165) is 26.3 Å². The van der Waals surface area contributed by atoms with Crippen molar-refractivity contribution in [3.05, 3.63) is 22.4 Å². The van der Waals surface area contributed by atoms with Crippen molar-refractivity contribution in [1.29, 1.82) is 0 Å². The van der Waals surface area contributed by atoms with E-state index >= 15 is 0 Å². The summed E-state index contributed by atoms with van der Waals surface area (Å²) in [5, 5.41) is 9.01. The Hall–Kier alpha value is -0.370. The Kier molecular flexibility index (Phi) is 9.32. The van der Waals surface area contributed by atoms with Gasteiger partial charge >= 0.3 is 0 Å². The number of rotatable bonds is 6. The predicted octanol–water partition coefficient (Wildman–Crippen LogP) is 3.00. The molecule has 0 aromatic carbocycles. The van der Waals surface area contributed by atoms with E-state index < -0.39 is 0 Å². The molecular weight excluding hydrogens is 405 g/mol. The lowest BCUT2D eigenvalue weighted by Crippen LogP contribution is -2.44. The molecule has 5 nitrogen and oxygen atoms in total. The van der Waals surface area contributed by atoms with Crippen molar-refractivity contribution in [2.45, 2.75) is 50.2 Å². The number of carbonyl (C=O) groups excluding carboxylic acids is 1. The maximum atomic E-state index is 12.5. The second kappa shape index (κ2) is 11.0. The van der Waals surface area contributed by atoms with E-state index in [9.17, 15) is 4.79 Å². The molecule has 4 heterocycles. The van der Waals surface area contributed by atoms with Crippen molar-refractivity contribution >= 4 is 42.1 Å². The highest BCUT2D eigenvalue weighted by molar-refractivity contribution is 7.10. The third kappa shape index (κ3) is 6.05. The van der Waals surface area contributed by atoms with Crippen LogP contribution in [0.2, 0.25) is 0 Å². The highest BCUT2D eigenvalue weighted by Gasteiger charge is 2.34. The molecule has 0 spiro atoms. The Morgan fingerprint density at radius 3 is 2.59 bits per heavy atom. The van der Waals surface area contributed by atoms with Crippen molar-refractivity contribution in [3.8, 4) is 0 Å². The fourth-order valence-corrected chi connectivity index (χ4v) is 5.53. The van der Waals surface area contributed by atoms with Crippen molar-refractivity contribution in [3.63, 3.8) is 0 Å². The molecule has 3 aliphatic heterocycles. The standard InChI is InChI=1S/C19H29N3O2S.2ClH/c23-19(12-14-10-15-3-4-16(11-14)21-15)20-13-17(18-2-1-9-25-18)22-5-7-24-8-6-22;;/h1-2,9,14-17,21H,3-8,10-13H2,(H,20,23);2*1H. The molecule has 0 radical (unpaired) electrons. The molecule has 4 rings (SSSR count). The molecule has 8 heteroatoms. The van der Waals surface area contributed by atoms with Gasteiger partial charge in [-0.3, -0.25) is 9.69 Å². The lowest BCUT2D eigenvalue weighted by Gasteiger charge is -2.34. The highest BCUT2D eigenvalue weighted by atomic mass is 35.5. The molecule has 0 saturated carbocycles. The minimum atomic E-state index is 0. The van der Waals surface area contributed by atoms with Gasteiger partial charge in [0, 0.05) is 43.0 Å². The van der Waals surface area contributed by atoms with Crippen molar-refractivity contribution in [2.75, 3.05) is 32.8 Å². The van der Waals surface area contributed by atoms with Gasteiger partial charge in [-0.05, 0) is 43.0 Å². The molecule has 1 aromatic rings. The van der Waals surface area contributed by atoms with Gasteiger partial charge in [-0.15, -0.1) is 36.2 Å². The Labute approximate surface area is 178 Å². The number of piperidine rings is 1. The second-order valence-corrected chi connectivity index (χ2v) is 8.64. The van der Waals surface area contributed by atoms with Gasteiger partial charge in [0.25, 0.3) is 0 Å². The summed E-state index contributed by atoms with van der Waals surface area (Å²) in [5.41, 5.74) is 0. The molecule has 2 bridgehead atoms. The van der Waals surface area contributed by atoms with Crippen LogP contribution in [0.5, 0.6) is 0 Å². The fourth-order valence-electron chi connectivity index (χ4n) is 4.67. The van der Waals surface area contributed by atoms with E-state index in [2.05, 4.69) is 33.0 Å². The largest absolute Gasteiger partial charge is 0.379 e. The number of halogens is 2. The first-order valence-corrected chi connectivity index (χ1v) is 10.5. The summed E-state index contributed by atoms with van der Waals surface area (Å²) in [6.07, 6.45) is 5.61. The molecule has 1 aromatic heterocycles. The van der Waals surface area contributed by atoms with Crippen molar-refractivity contribution in [2.24, 2.45) is 5.92 Å². The molecule has 1 amide bonds. The summed E-state index contributed by atoms with van der Waals surface area (Å²) >= 11 is 1.78. The first kappa shape index (κ1) is 22.9. The zero-order valence-electron chi connectivity index (χ0n) is 15.6. The van der Waals surface area contributed by atoms with Gasteiger partial charge in [0.05, 0.1) is 19.3 Å². The maximum absolute atomic E-state index is 12.5. The molecule has 3 unspecified atom stereocenters. The molecule has 3 atom stereocenters. The molecule has 27 heavy (non-hydrogen) atoms. The summed E-state index contributed by atoms with van der Waals surface area (Å²) in [5.74, 6) is 0.781. The fraction of sp³-hybridized carbons (Fsp3) is 0.737. The van der Waals surface area contributed by atoms with E-state index in [1.807, 2.05) is 0 Å². The average molecular weight is 436 g/mol. The topological polar surface area (TPSA) is 53.6 Å². The minimum Gasteiger partial charge on any atom is -0.379 e. The number of hydrogen-bond acceptors (Lipinski definition) is 5. The Morgan fingerprint density at radius 2 is 1.96 bits per heavy atom. The normalized spacial score (nSPS) is 28.7. The van der Waals surface area contributed by atoms with Crippen LogP contribution in [0.4, 0.5) is 0 Å². The van der Waals surface area contributed by atoms with Crippen LogP contribution in [-0.4, -0.2) is 55.7 Å². The molecule has 2 N–H and O–H groups in total. The first-order valence-electron chi connectivity index (χ1n) is 9.66. The summed E-state index contributed by atoms with van der Waals surface area (Å²) < 4.78 is 5.49. The summed E-state index contributed by atoms with van der Waals surface area (Å²) in [7, 11) is 0. The van der Waals surface area contributed by atoms with E-state index in [-0.39, 0.29) is 36.8 Å². The number of thiophene rings is 1. The molecular formula is C19H31Cl2N3O2S. The van der Waals surface area contributed by atoms with E-state index in [0.29, 0.717) is 31.0 Å². The van der Waals surface area contributed by atoms with E-state index in [1.165, 1.54) is 30.6 Å². The van der Waals surface area contributed by atoms with Crippen LogP contribution in [0.1, 0.15) is 43.0 Å². The van der Waals surface area contributed by atoms with Crippen molar-refractivity contribution < 1.29 is 9.53 Å². The number of ether oxygens (including phenoxy) is 1. The van der Waals surface area contributed by atoms with E-state index in [4.69, 9.17) is 4.74 Å². The monoisotopic (exact) mass is 435 g/mol. The number of nitrogens with zero attached hydrogens (tertiary/aromatic N) is 1. The number of hydrogen-bond donors (Lipinski definition) is 2. The van der Waals surface area contributed by atoms with Gasteiger partial charge in [-0.25, -0.2) is 0 Å². The highest BCUT2D eigenvalue weighted by Crippen LogP contribution is 2.32. The lowest BCUT2D eigenvalue weighted by atomic mass is 9.89. The zero-order valence-corrected chi connectivity index (χ0v) is 18.1. The van der Waals surface area contributed by atoms with Crippen LogP contribution in [0.3, 0.4) is 0 Å². The lowest BCUT2D eigenvalue weighted by molar-refractivity contribution is -0.122. The first-order chi connectivity index (χ1) is 12.3. The summed E-state index contributed by atoms with van der Waals surface area (Å²) in [4.78, 5) is 16.3. The minimum absolute atomic E-state index is 0. The van der Waals surface area contributed by atoms with Crippen LogP contribution < -0.4 is 10.6 Å². The molecule has 154 valence electrons. The van der Waals surface area contributed by atoms with Crippen LogP contribution in [0.15, 0.2) is 17.5 Å². The Morgan fingerprint density at radius 1 is 1.26 bits per heavy atom. The van der Waals surface area contributed by atoms with Gasteiger partial charge < -0.3 is 15.4 Å². The van der Waals surface area contributed by atoms with Crippen LogP contribution in [-0.2, 0) is 9.53 Å². The zero-order chi connectivity index (χ0) is 17.1. The van der Waals surface area contributed by atoms with Crippen molar-refractivity contribution in [1.82, 2.24) is 15.5 Å². The van der Waals surface area contributed by atoms with Gasteiger partial charge in [-0.2, -0.15) is 0 Å². The van der Waals surface area contributed by atoms with E-state index in [1.54, 1.807) is 11.3 Å². The van der Waals surface area contributed by atoms with Gasteiger partial charge in [-0.1, -0.05) is 6.07 Å². The third-order valence-electron chi connectivity index (χ3n) is 5.90. The Bertz CT molecular complexity index is 557. The molecule has 3 saturated heterocycles. The number of amides is 1. The summed E-state index contributed by atoms with van der Waals surface area (Å²) in [6, 6.07) is 5.87. The SMILES string of the molecule is Cl.Cl.O=C(CC1CC2CCC(C1)N2)NCC(c1cccs1)N1CCOCC1. The number of carbonyl (C=O) groups is 1. The smallest absolute Gasteiger partial charge is 0.220 e. The number of fused-ring (bicyclic) bond motifs is 2. The van der Waals surface area contributed by atoms with Gasteiger partial charge in [0.2, 0.25) is 5.91 Å². The van der Waals surface area contributed by atoms with Crippen LogP contribution in [0.25, 0.3) is 0 Å². The van der Waals surface area contributed by atoms with Crippen LogP contribution >= 0.6 is 36.2 Å². The quantitative estimate of drug-likeness (QED) is 0.720. The third-order valence-corrected chi connectivity index (χ3v) is 6.87. The molecule has 3 aliphatic rings. The molecule has 0 aliphatic carbocycles. The number of nitrogens with one attached hydrogen (secondary N) is 2. The van der Waals surface area contributed by atoms with Gasteiger partial charge in [0.15, 0.2) is 0 Å². The predicted molar refractivity (Wildman–Crippen MR) is 114 cm³/mol.